The number of hydrogen-bond acceptors (Lipinski definition) is 7. The van der Waals surface area contributed by atoms with Crippen LogP contribution in [0.25, 0.3) is 5.57 Å². The van der Waals surface area contributed by atoms with E-state index in [4.69, 9.17) is 4.74 Å². The summed E-state index contributed by atoms with van der Waals surface area (Å²) < 4.78 is 5.84. The summed E-state index contributed by atoms with van der Waals surface area (Å²) in [5.74, 6) is -5.67. The fourth-order valence-corrected chi connectivity index (χ4v) is 8.61. The number of aromatic hydroxyl groups is 1. The smallest absolute Gasteiger partial charge is 0.257 e. The minimum Gasteiger partial charge on any atom is -0.503 e. The third kappa shape index (κ3) is 3.85. The molecule has 222 valence electrons. The number of imide groups is 1. The predicted molar refractivity (Wildman–Crippen MR) is 163 cm³/mol. The molecule has 3 aliphatic carbocycles. The molecule has 1 aliphatic heterocycles. The van der Waals surface area contributed by atoms with Crippen LogP contribution in [0.2, 0.25) is 0 Å². The second-order valence-corrected chi connectivity index (χ2v) is 12.7. The van der Waals surface area contributed by atoms with Gasteiger partial charge in [0.05, 0.1) is 28.8 Å². The topological polar surface area (TPSA) is 121 Å². The summed E-state index contributed by atoms with van der Waals surface area (Å²) in [7, 11) is 1.43. The maximum atomic E-state index is 14.9. The number of phenols is 1. The minimum absolute atomic E-state index is 0.114. The molecule has 1 heterocycles. The van der Waals surface area contributed by atoms with Crippen LogP contribution in [0.3, 0.4) is 0 Å². The molecule has 6 unspecified atom stereocenters. The first kappa shape index (κ1) is 28.4. The third-order valence-electron chi connectivity index (χ3n) is 9.96. The summed E-state index contributed by atoms with van der Waals surface area (Å²) in [6.45, 7) is 0. The molecule has 0 aromatic heterocycles. The molecule has 44 heavy (non-hydrogen) atoms. The lowest BCUT2D eigenvalue weighted by Gasteiger charge is -2.55. The van der Waals surface area contributed by atoms with Crippen molar-refractivity contribution in [3.05, 3.63) is 112 Å². The zero-order valence-corrected chi connectivity index (χ0v) is 25.2. The fourth-order valence-electron chi connectivity index (χ4n) is 8.15. The molecule has 0 spiro atoms. The maximum Gasteiger partial charge on any atom is 0.257 e. The molecule has 3 aromatic rings. The van der Waals surface area contributed by atoms with Crippen molar-refractivity contribution in [3.8, 4) is 11.5 Å². The number of Topliss-reactive ketones (excluding diaryl/α,β-unsaturated/α-hetero) is 1. The van der Waals surface area contributed by atoms with E-state index in [1.165, 1.54) is 13.2 Å². The molecule has 2 amide bonds. The number of allylic oxidation sites excluding steroid dienone is 4. The number of amides is 2. The molecule has 3 aromatic carbocycles. The summed E-state index contributed by atoms with van der Waals surface area (Å²) >= 11 is 3.44. The van der Waals surface area contributed by atoms with Crippen LogP contribution < -0.4 is 4.74 Å². The second kappa shape index (κ2) is 10.4. The lowest BCUT2D eigenvalue weighted by atomic mass is 9.44. The Hall–Kier alpha value is -4.34. The van der Waals surface area contributed by atoms with Crippen LogP contribution in [0.15, 0.2) is 95.0 Å². The Morgan fingerprint density at radius 3 is 2.30 bits per heavy atom. The van der Waals surface area contributed by atoms with Crippen molar-refractivity contribution in [2.24, 2.45) is 23.7 Å². The van der Waals surface area contributed by atoms with Gasteiger partial charge in [-0.05, 0) is 69.6 Å². The van der Waals surface area contributed by atoms with Gasteiger partial charge in [-0.15, -0.1) is 0 Å². The summed E-state index contributed by atoms with van der Waals surface area (Å²) in [5.41, 5.74) is 1.52. The number of halogens is 1. The van der Waals surface area contributed by atoms with Gasteiger partial charge in [0, 0.05) is 17.4 Å². The normalized spacial score (nSPS) is 29.4. The Balaban J connectivity index is 1.55. The van der Waals surface area contributed by atoms with Crippen LogP contribution in [-0.2, 0) is 24.6 Å². The molecule has 9 heteroatoms. The number of phenolic OH excluding ortho intramolecular Hbond substituents is 1. The number of carbonyl (C=O) groups is 4. The van der Waals surface area contributed by atoms with Crippen LogP contribution in [-0.4, -0.2) is 45.9 Å². The molecule has 2 fully saturated rings. The average molecular weight is 655 g/mol. The van der Waals surface area contributed by atoms with Gasteiger partial charge in [-0.25, -0.2) is 0 Å². The first-order valence-corrected chi connectivity index (χ1v) is 15.2. The number of fused-ring (bicyclic) bond motifs is 4. The lowest BCUT2D eigenvalue weighted by molar-refractivity contribution is -0.173. The van der Waals surface area contributed by atoms with Gasteiger partial charge in [0.2, 0.25) is 0 Å². The van der Waals surface area contributed by atoms with Crippen molar-refractivity contribution in [1.82, 2.24) is 5.06 Å². The highest BCUT2D eigenvalue weighted by molar-refractivity contribution is 9.10. The van der Waals surface area contributed by atoms with Gasteiger partial charge in [0.15, 0.2) is 23.1 Å². The number of methoxy groups -OCH3 is 1. The zero-order chi connectivity index (χ0) is 30.9. The first-order chi connectivity index (χ1) is 21.2. The van der Waals surface area contributed by atoms with Crippen molar-refractivity contribution in [2.45, 2.75) is 24.2 Å². The van der Waals surface area contributed by atoms with Crippen molar-refractivity contribution < 1.29 is 34.2 Å². The molecule has 8 nitrogen and oxygen atoms in total. The summed E-state index contributed by atoms with van der Waals surface area (Å²) in [4.78, 5) is 56.0. The van der Waals surface area contributed by atoms with Gasteiger partial charge in [0.25, 0.3) is 11.8 Å². The van der Waals surface area contributed by atoms with Crippen molar-refractivity contribution in [2.75, 3.05) is 7.11 Å². The van der Waals surface area contributed by atoms with Crippen LogP contribution in [0.4, 0.5) is 0 Å². The van der Waals surface area contributed by atoms with Gasteiger partial charge < -0.3 is 9.84 Å². The molecule has 1 saturated carbocycles. The van der Waals surface area contributed by atoms with E-state index in [0.717, 1.165) is 5.57 Å². The number of hydroxylamine groups is 2. The van der Waals surface area contributed by atoms with Gasteiger partial charge in [-0.1, -0.05) is 72.3 Å². The Kier molecular flexibility index (Phi) is 6.71. The van der Waals surface area contributed by atoms with E-state index in [1.54, 1.807) is 24.3 Å². The molecular formula is C35H28BrNO7. The molecular weight excluding hydrogens is 626 g/mol. The van der Waals surface area contributed by atoms with Crippen LogP contribution >= 0.6 is 15.9 Å². The molecule has 0 bridgehead atoms. The Morgan fingerprint density at radius 1 is 0.932 bits per heavy atom. The number of ketones is 2. The minimum atomic E-state index is -1.40. The van der Waals surface area contributed by atoms with Gasteiger partial charge in [0.1, 0.15) is 0 Å². The van der Waals surface area contributed by atoms with Gasteiger partial charge >= 0.3 is 0 Å². The summed E-state index contributed by atoms with van der Waals surface area (Å²) in [6.07, 6.45) is 3.69. The first-order valence-electron chi connectivity index (χ1n) is 14.4. The highest BCUT2D eigenvalue weighted by Gasteiger charge is 2.66. The molecule has 2 N–H and O–H groups in total. The van der Waals surface area contributed by atoms with E-state index in [-0.39, 0.29) is 41.0 Å². The van der Waals surface area contributed by atoms with E-state index in [9.17, 15) is 29.5 Å². The van der Waals surface area contributed by atoms with E-state index in [1.807, 2.05) is 54.6 Å². The number of benzene rings is 3. The van der Waals surface area contributed by atoms with Crippen LogP contribution in [0.5, 0.6) is 11.5 Å². The molecule has 7 rings (SSSR count). The Labute approximate surface area is 261 Å². The highest BCUT2D eigenvalue weighted by atomic mass is 79.9. The van der Waals surface area contributed by atoms with Gasteiger partial charge in [-0.3, -0.25) is 24.4 Å². The largest absolute Gasteiger partial charge is 0.503 e. The molecule has 0 radical (unpaired) electrons. The zero-order valence-electron chi connectivity index (χ0n) is 23.6. The quantitative estimate of drug-likeness (QED) is 0.220. The van der Waals surface area contributed by atoms with Gasteiger partial charge in [-0.2, -0.15) is 5.06 Å². The Bertz CT molecular complexity index is 1800. The number of carbonyl (C=O) groups excluding carboxylic acids is 4. The van der Waals surface area contributed by atoms with Crippen LogP contribution in [0, 0.1) is 23.7 Å². The van der Waals surface area contributed by atoms with E-state index in [0.29, 0.717) is 26.7 Å². The number of nitrogens with zero attached hydrogens (tertiary/aromatic N) is 1. The van der Waals surface area contributed by atoms with Crippen molar-refractivity contribution in [1.29, 1.82) is 0 Å². The summed E-state index contributed by atoms with van der Waals surface area (Å²) in [5, 5.41) is 21.3. The number of ether oxygens (including phenoxy) is 1. The summed E-state index contributed by atoms with van der Waals surface area (Å²) in [6, 6.07) is 21.6. The second-order valence-electron chi connectivity index (χ2n) is 11.8. The fraction of sp³-hybridized carbons (Fsp3) is 0.257. The third-order valence-corrected chi connectivity index (χ3v) is 10.6. The molecule has 4 aliphatic rings. The number of hydrogen-bond donors (Lipinski definition) is 2. The SMILES string of the molecule is COc1cc(C2C3=CCC4C(=O)N(O)C(=O)C4C3CC3C(=O)C(c4ccccc4)=CC(=O)C32c2ccccc2)cc(Br)c1O. The molecule has 6 atom stereocenters. The van der Waals surface area contributed by atoms with E-state index < -0.39 is 46.8 Å². The highest BCUT2D eigenvalue weighted by Crippen LogP contribution is 2.64. The van der Waals surface area contributed by atoms with E-state index in [2.05, 4.69) is 15.9 Å². The Morgan fingerprint density at radius 2 is 1.61 bits per heavy atom. The van der Waals surface area contributed by atoms with E-state index >= 15 is 0 Å². The van der Waals surface area contributed by atoms with Crippen molar-refractivity contribution >= 4 is 44.9 Å². The monoisotopic (exact) mass is 653 g/mol. The average Bonchev–Trinajstić information content (AvgIpc) is 3.27. The standard InChI is InChI=1S/C35H28BrNO7/c1-44-27-15-19(14-26(36)32(27)40)30-21-12-13-22-29(34(42)37(43)33(22)41)24(21)16-25-31(39)23(18-8-4-2-5-9-18)17-28(38)35(25,30)20-10-6-3-7-11-20/h2-12,14-15,17,22,24-25,29-30,40,43H,13,16H2,1H3. The van der Waals surface area contributed by atoms with Crippen molar-refractivity contribution in [3.63, 3.8) is 0 Å². The van der Waals surface area contributed by atoms with Crippen LogP contribution in [0.1, 0.15) is 35.4 Å². The maximum absolute atomic E-state index is 14.9. The molecule has 1 saturated heterocycles. The lowest BCUT2D eigenvalue weighted by Crippen LogP contribution is -2.58. The number of rotatable bonds is 4. The predicted octanol–water partition coefficient (Wildman–Crippen LogP) is 5.38.